The van der Waals surface area contributed by atoms with E-state index in [1.165, 1.54) is 6.07 Å². The lowest BCUT2D eigenvalue weighted by molar-refractivity contribution is 0.581. The molecule has 1 N–H and O–H groups in total. The molecule has 0 heterocycles. The molecule has 1 aromatic carbocycles. The van der Waals surface area contributed by atoms with E-state index in [-0.39, 0.29) is 11.9 Å². The number of halogens is 1. The van der Waals surface area contributed by atoms with Gasteiger partial charge >= 0.3 is 0 Å². The molecule has 0 bridgehead atoms. The fraction of sp³-hybridized carbons (Fsp3) is 0.467. The Hall–Kier alpha value is -1.53. The minimum Gasteiger partial charge on any atom is -0.360 e. The van der Waals surface area contributed by atoms with Crippen LogP contribution < -0.4 is 10.2 Å². The summed E-state index contributed by atoms with van der Waals surface area (Å²) >= 11 is 0. The first-order valence-electron chi connectivity index (χ1n) is 6.35. The van der Waals surface area contributed by atoms with Crippen LogP contribution in [0.3, 0.4) is 0 Å². The van der Waals surface area contributed by atoms with Crippen molar-refractivity contribution in [3.8, 4) is 12.3 Å². The summed E-state index contributed by atoms with van der Waals surface area (Å²) in [5.74, 6) is 2.43. The average Bonchev–Trinajstić information content (AvgIpc) is 2.36. The molecule has 0 saturated carbocycles. The summed E-state index contributed by atoms with van der Waals surface area (Å²) in [6.45, 7) is 8.30. The predicted molar refractivity (Wildman–Crippen MR) is 75.2 cm³/mol. The highest BCUT2D eigenvalue weighted by Crippen LogP contribution is 2.27. The van der Waals surface area contributed by atoms with Crippen LogP contribution >= 0.6 is 0 Å². The van der Waals surface area contributed by atoms with Crippen molar-refractivity contribution in [3.63, 3.8) is 0 Å². The third-order valence-electron chi connectivity index (χ3n) is 2.97. The average molecular weight is 248 g/mol. The molecule has 0 aliphatic carbocycles. The zero-order valence-electron chi connectivity index (χ0n) is 11.3. The maximum Gasteiger partial charge on any atom is 0.123 e. The van der Waals surface area contributed by atoms with Crippen molar-refractivity contribution in [1.82, 2.24) is 5.32 Å². The van der Waals surface area contributed by atoms with Gasteiger partial charge in [-0.2, -0.15) is 0 Å². The van der Waals surface area contributed by atoms with Crippen LogP contribution in [-0.2, 0) is 0 Å². The number of benzene rings is 1. The lowest BCUT2D eigenvalue weighted by Crippen LogP contribution is -2.27. The van der Waals surface area contributed by atoms with Gasteiger partial charge in [-0.3, -0.25) is 0 Å². The second-order valence-corrected chi connectivity index (χ2v) is 4.20. The van der Waals surface area contributed by atoms with Crippen molar-refractivity contribution >= 4 is 5.69 Å². The van der Waals surface area contributed by atoms with Gasteiger partial charge in [-0.05, 0) is 44.2 Å². The van der Waals surface area contributed by atoms with E-state index in [0.29, 0.717) is 6.54 Å². The van der Waals surface area contributed by atoms with Crippen molar-refractivity contribution in [1.29, 1.82) is 0 Å². The quantitative estimate of drug-likeness (QED) is 0.779. The SMILES string of the molecule is C#CCN(CC)c1ccc(F)cc1C(C)NCC. The van der Waals surface area contributed by atoms with E-state index in [0.717, 1.165) is 24.3 Å². The van der Waals surface area contributed by atoms with Crippen LogP contribution in [0.4, 0.5) is 10.1 Å². The largest absolute Gasteiger partial charge is 0.360 e. The lowest BCUT2D eigenvalue weighted by Gasteiger charge is -2.26. The number of terminal acetylenes is 1. The van der Waals surface area contributed by atoms with E-state index < -0.39 is 0 Å². The normalized spacial score (nSPS) is 11.9. The third-order valence-corrected chi connectivity index (χ3v) is 2.97. The van der Waals surface area contributed by atoms with Gasteiger partial charge in [-0.25, -0.2) is 4.39 Å². The van der Waals surface area contributed by atoms with E-state index in [4.69, 9.17) is 6.42 Å². The Morgan fingerprint density at radius 1 is 1.44 bits per heavy atom. The summed E-state index contributed by atoms with van der Waals surface area (Å²) in [4.78, 5) is 2.07. The maximum atomic E-state index is 13.4. The van der Waals surface area contributed by atoms with Crippen LogP contribution in [-0.4, -0.2) is 19.6 Å². The Bertz CT molecular complexity index is 423. The predicted octanol–water partition coefficient (Wildman–Crippen LogP) is 2.96. The number of rotatable bonds is 6. The zero-order chi connectivity index (χ0) is 13.5. The van der Waals surface area contributed by atoms with Crippen molar-refractivity contribution in [2.45, 2.75) is 26.8 Å². The van der Waals surface area contributed by atoms with Gasteiger partial charge < -0.3 is 10.2 Å². The number of hydrogen-bond donors (Lipinski definition) is 1. The topological polar surface area (TPSA) is 15.3 Å². The second-order valence-electron chi connectivity index (χ2n) is 4.20. The summed E-state index contributed by atoms with van der Waals surface area (Å²) in [6.07, 6.45) is 5.38. The van der Waals surface area contributed by atoms with Crippen molar-refractivity contribution in [3.05, 3.63) is 29.6 Å². The van der Waals surface area contributed by atoms with Crippen molar-refractivity contribution in [2.75, 3.05) is 24.5 Å². The molecule has 0 saturated heterocycles. The van der Waals surface area contributed by atoms with E-state index in [9.17, 15) is 4.39 Å². The monoisotopic (exact) mass is 248 g/mol. The smallest absolute Gasteiger partial charge is 0.123 e. The highest BCUT2D eigenvalue weighted by molar-refractivity contribution is 5.55. The van der Waals surface area contributed by atoms with E-state index in [1.54, 1.807) is 12.1 Å². The molecule has 0 fully saturated rings. The first-order chi connectivity index (χ1) is 8.63. The van der Waals surface area contributed by atoms with Crippen LogP contribution in [0.2, 0.25) is 0 Å². The molecule has 2 nitrogen and oxygen atoms in total. The second kappa shape index (κ2) is 7.03. The fourth-order valence-electron chi connectivity index (χ4n) is 2.05. The molecule has 0 aliphatic heterocycles. The molecule has 0 aliphatic rings. The molecule has 3 heteroatoms. The summed E-state index contributed by atoms with van der Waals surface area (Å²) in [6, 6.07) is 4.98. The van der Waals surface area contributed by atoms with Crippen LogP contribution in [0.5, 0.6) is 0 Å². The summed E-state index contributed by atoms with van der Waals surface area (Å²) < 4.78 is 13.4. The van der Waals surface area contributed by atoms with E-state index >= 15 is 0 Å². The van der Waals surface area contributed by atoms with Gasteiger partial charge in [-0.1, -0.05) is 12.8 Å². The lowest BCUT2D eigenvalue weighted by atomic mass is 10.0. The first-order valence-corrected chi connectivity index (χ1v) is 6.35. The molecule has 18 heavy (non-hydrogen) atoms. The molecule has 0 spiro atoms. The number of nitrogens with zero attached hydrogens (tertiary/aromatic N) is 1. The Labute approximate surface area is 109 Å². The summed E-state index contributed by atoms with van der Waals surface area (Å²) in [5, 5.41) is 3.31. The van der Waals surface area contributed by atoms with Gasteiger partial charge in [0.2, 0.25) is 0 Å². The van der Waals surface area contributed by atoms with Gasteiger partial charge in [0.15, 0.2) is 0 Å². The summed E-state index contributed by atoms with van der Waals surface area (Å²) in [7, 11) is 0. The standard InChI is InChI=1S/C15H21FN2/c1-5-10-18(7-3)15-9-8-13(16)11-14(15)12(4)17-6-2/h1,8-9,11-12,17H,6-7,10H2,2-4H3. The van der Waals surface area contributed by atoms with Crippen LogP contribution in [0.25, 0.3) is 0 Å². The van der Waals surface area contributed by atoms with Gasteiger partial charge in [-0.15, -0.1) is 6.42 Å². The molecule has 1 rings (SSSR count). The Morgan fingerprint density at radius 2 is 2.17 bits per heavy atom. The van der Waals surface area contributed by atoms with Gasteiger partial charge in [0, 0.05) is 18.3 Å². The number of anilines is 1. The first kappa shape index (κ1) is 14.5. The molecule has 1 aromatic rings. The molecule has 1 unspecified atom stereocenters. The Morgan fingerprint density at radius 3 is 2.72 bits per heavy atom. The Kier molecular flexibility index (Phi) is 5.67. The maximum absolute atomic E-state index is 13.4. The zero-order valence-corrected chi connectivity index (χ0v) is 11.3. The molecule has 0 amide bonds. The highest BCUT2D eigenvalue weighted by atomic mass is 19.1. The minimum absolute atomic E-state index is 0.104. The molecule has 1 atom stereocenters. The van der Waals surface area contributed by atoms with Crippen LogP contribution in [0, 0.1) is 18.2 Å². The van der Waals surface area contributed by atoms with Crippen LogP contribution in [0.1, 0.15) is 32.4 Å². The van der Waals surface area contributed by atoms with Crippen molar-refractivity contribution in [2.24, 2.45) is 0 Å². The Balaban J connectivity index is 3.13. The number of hydrogen-bond acceptors (Lipinski definition) is 2. The third kappa shape index (κ3) is 3.48. The van der Waals surface area contributed by atoms with E-state index in [1.807, 2.05) is 20.8 Å². The molecule has 98 valence electrons. The van der Waals surface area contributed by atoms with E-state index in [2.05, 4.69) is 16.1 Å². The molecule has 0 radical (unpaired) electrons. The highest BCUT2D eigenvalue weighted by Gasteiger charge is 2.14. The van der Waals surface area contributed by atoms with Gasteiger partial charge in [0.05, 0.1) is 6.54 Å². The fourth-order valence-corrected chi connectivity index (χ4v) is 2.05. The number of nitrogens with one attached hydrogen (secondary N) is 1. The van der Waals surface area contributed by atoms with Gasteiger partial charge in [0.1, 0.15) is 5.82 Å². The summed E-state index contributed by atoms with van der Waals surface area (Å²) in [5.41, 5.74) is 1.96. The molecular formula is C15H21FN2. The van der Waals surface area contributed by atoms with Crippen LogP contribution in [0.15, 0.2) is 18.2 Å². The minimum atomic E-state index is -0.213. The van der Waals surface area contributed by atoms with Crippen molar-refractivity contribution < 1.29 is 4.39 Å². The molecular weight excluding hydrogens is 227 g/mol. The van der Waals surface area contributed by atoms with Gasteiger partial charge in [0.25, 0.3) is 0 Å². The molecule has 0 aromatic heterocycles.